The number of halogens is 1. The van der Waals surface area contributed by atoms with Crippen LogP contribution in [-0.2, 0) is 14.8 Å². The number of hydrogen-bond donors (Lipinski definition) is 1. The van der Waals surface area contributed by atoms with E-state index in [2.05, 4.69) is 4.72 Å². The zero-order chi connectivity index (χ0) is 14.6. The summed E-state index contributed by atoms with van der Waals surface area (Å²) >= 11 is 5.78. The van der Waals surface area contributed by atoms with E-state index in [-0.39, 0.29) is 27.7 Å². The lowest BCUT2D eigenvalue weighted by atomic mass is 10.2. The van der Waals surface area contributed by atoms with Gasteiger partial charge in [0.25, 0.3) is 0 Å². The van der Waals surface area contributed by atoms with Gasteiger partial charge < -0.3 is 0 Å². The third-order valence-electron chi connectivity index (χ3n) is 2.53. The molecule has 0 saturated heterocycles. The normalized spacial score (nSPS) is 12.7. The number of benzene rings is 1. The van der Waals surface area contributed by atoms with Crippen LogP contribution < -0.4 is 4.72 Å². The fourth-order valence-electron chi connectivity index (χ4n) is 1.43. The van der Waals surface area contributed by atoms with Gasteiger partial charge in [0, 0.05) is 6.42 Å². The van der Waals surface area contributed by atoms with Crippen molar-refractivity contribution in [2.24, 2.45) is 0 Å². The molecule has 19 heavy (non-hydrogen) atoms. The zero-order valence-electron chi connectivity index (χ0n) is 10.5. The molecule has 0 aliphatic heterocycles. The first kappa shape index (κ1) is 15.6. The number of Topliss-reactive ketones (excluding diaryl/α,β-unsaturated/α-hetero) is 1. The first-order valence-corrected chi connectivity index (χ1v) is 7.42. The highest BCUT2D eigenvalue weighted by Gasteiger charge is 2.21. The molecule has 1 unspecified atom stereocenters. The molecule has 7 heteroatoms. The molecular weight excluding hydrogens is 288 g/mol. The number of carbonyl (C=O) groups is 1. The molecule has 0 heterocycles. The summed E-state index contributed by atoms with van der Waals surface area (Å²) in [5, 5.41) is 8.77. The minimum absolute atomic E-state index is 0.0554. The van der Waals surface area contributed by atoms with Crippen LogP contribution in [0, 0.1) is 11.3 Å². The van der Waals surface area contributed by atoms with E-state index in [4.69, 9.17) is 16.9 Å². The van der Waals surface area contributed by atoms with Gasteiger partial charge in [0.05, 0.1) is 21.5 Å². The molecule has 0 amide bonds. The standard InChI is InChI=1S/C12H13ClN2O3S/c1-3-12(16)8(2)15-19(17,18)10-5-4-9(7-14)11(13)6-10/h4-6,8,15H,3H2,1-2H3. The molecule has 1 N–H and O–H groups in total. The Morgan fingerprint density at radius 2 is 2.16 bits per heavy atom. The fraction of sp³-hybridized carbons (Fsp3) is 0.333. The van der Waals surface area contributed by atoms with Crippen molar-refractivity contribution < 1.29 is 13.2 Å². The van der Waals surface area contributed by atoms with Crippen molar-refractivity contribution in [3.8, 4) is 6.07 Å². The van der Waals surface area contributed by atoms with E-state index in [9.17, 15) is 13.2 Å². The monoisotopic (exact) mass is 300 g/mol. The van der Waals surface area contributed by atoms with Crippen LogP contribution in [0.1, 0.15) is 25.8 Å². The topological polar surface area (TPSA) is 87.0 Å². The second kappa shape index (κ2) is 6.15. The summed E-state index contributed by atoms with van der Waals surface area (Å²) in [6.07, 6.45) is 0.248. The summed E-state index contributed by atoms with van der Waals surface area (Å²) in [5.41, 5.74) is 0.193. The van der Waals surface area contributed by atoms with Crippen LogP contribution in [0.3, 0.4) is 0 Å². The SMILES string of the molecule is CCC(=O)C(C)NS(=O)(=O)c1ccc(C#N)c(Cl)c1. The molecular formula is C12H13ClN2O3S. The van der Waals surface area contributed by atoms with Crippen molar-refractivity contribution in [1.29, 1.82) is 5.26 Å². The summed E-state index contributed by atoms with van der Waals surface area (Å²) < 4.78 is 26.3. The second-order valence-corrected chi connectivity index (χ2v) is 6.04. The van der Waals surface area contributed by atoms with Gasteiger partial charge >= 0.3 is 0 Å². The van der Waals surface area contributed by atoms with E-state index in [0.29, 0.717) is 0 Å². The van der Waals surface area contributed by atoms with Crippen LogP contribution in [-0.4, -0.2) is 20.2 Å². The Labute approximate surface area is 117 Å². The molecule has 1 aromatic carbocycles. The first-order valence-electron chi connectivity index (χ1n) is 5.56. The predicted molar refractivity (Wildman–Crippen MR) is 71.2 cm³/mol. The lowest BCUT2D eigenvalue weighted by Gasteiger charge is -2.12. The molecule has 0 radical (unpaired) electrons. The van der Waals surface area contributed by atoms with Crippen LogP contribution in [0.5, 0.6) is 0 Å². The van der Waals surface area contributed by atoms with E-state index >= 15 is 0 Å². The van der Waals surface area contributed by atoms with E-state index in [1.54, 1.807) is 6.92 Å². The molecule has 5 nitrogen and oxygen atoms in total. The number of nitrogens with one attached hydrogen (secondary N) is 1. The Hall–Kier alpha value is -1.42. The lowest BCUT2D eigenvalue weighted by Crippen LogP contribution is -2.38. The van der Waals surface area contributed by atoms with E-state index in [1.165, 1.54) is 25.1 Å². The van der Waals surface area contributed by atoms with Gasteiger partial charge in [-0.2, -0.15) is 5.26 Å². The van der Waals surface area contributed by atoms with Gasteiger partial charge in [-0.1, -0.05) is 18.5 Å². The Morgan fingerprint density at radius 1 is 1.53 bits per heavy atom. The number of nitrogens with zero attached hydrogens (tertiary/aromatic N) is 1. The van der Waals surface area contributed by atoms with Gasteiger partial charge in [0.15, 0.2) is 0 Å². The van der Waals surface area contributed by atoms with Crippen LogP contribution in [0.2, 0.25) is 5.02 Å². The Kier molecular flexibility index (Phi) is 5.06. The zero-order valence-corrected chi connectivity index (χ0v) is 12.0. The van der Waals surface area contributed by atoms with Gasteiger partial charge in [-0.25, -0.2) is 13.1 Å². The van der Waals surface area contributed by atoms with Crippen molar-refractivity contribution in [3.63, 3.8) is 0 Å². The average Bonchev–Trinajstić information content (AvgIpc) is 2.37. The number of sulfonamides is 1. The van der Waals surface area contributed by atoms with Crippen molar-refractivity contribution >= 4 is 27.4 Å². The van der Waals surface area contributed by atoms with Gasteiger partial charge in [0.1, 0.15) is 11.9 Å². The van der Waals surface area contributed by atoms with Crippen molar-refractivity contribution in [1.82, 2.24) is 4.72 Å². The van der Waals surface area contributed by atoms with Gasteiger partial charge in [-0.3, -0.25) is 4.79 Å². The lowest BCUT2D eigenvalue weighted by molar-refractivity contribution is -0.119. The smallest absolute Gasteiger partial charge is 0.241 e. The minimum Gasteiger partial charge on any atom is -0.298 e. The van der Waals surface area contributed by atoms with Crippen LogP contribution in [0.15, 0.2) is 23.1 Å². The minimum atomic E-state index is -3.83. The summed E-state index contributed by atoms with van der Waals surface area (Å²) in [4.78, 5) is 11.3. The average molecular weight is 301 g/mol. The maximum absolute atomic E-state index is 12.0. The van der Waals surface area contributed by atoms with Crippen LogP contribution in [0.25, 0.3) is 0 Å². The molecule has 1 aromatic rings. The molecule has 0 aromatic heterocycles. The van der Waals surface area contributed by atoms with E-state index < -0.39 is 16.1 Å². The Bertz CT molecular complexity index is 635. The van der Waals surface area contributed by atoms with Crippen LogP contribution in [0.4, 0.5) is 0 Å². The van der Waals surface area contributed by atoms with Crippen LogP contribution >= 0.6 is 11.6 Å². The molecule has 0 aliphatic rings. The summed E-state index contributed by atoms with van der Waals surface area (Å²) in [5.74, 6) is -0.205. The predicted octanol–water partition coefficient (Wildman–Crippen LogP) is 1.86. The number of rotatable bonds is 5. The maximum Gasteiger partial charge on any atom is 0.241 e. The number of nitriles is 1. The fourth-order valence-corrected chi connectivity index (χ4v) is 2.97. The second-order valence-electron chi connectivity index (χ2n) is 3.92. The Morgan fingerprint density at radius 3 is 2.63 bits per heavy atom. The number of carbonyl (C=O) groups excluding carboxylic acids is 1. The van der Waals surface area contributed by atoms with Gasteiger partial charge in [-0.15, -0.1) is 0 Å². The molecule has 0 fully saturated rings. The third-order valence-corrected chi connectivity index (χ3v) is 4.39. The summed E-state index contributed by atoms with van der Waals surface area (Å²) in [7, 11) is -3.83. The highest BCUT2D eigenvalue weighted by Crippen LogP contribution is 2.20. The number of ketones is 1. The van der Waals surface area contributed by atoms with Gasteiger partial charge in [0.2, 0.25) is 10.0 Å². The molecule has 1 rings (SSSR count). The first-order chi connectivity index (χ1) is 8.81. The Balaban J connectivity index is 3.05. The molecule has 0 bridgehead atoms. The van der Waals surface area contributed by atoms with Crippen molar-refractivity contribution in [3.05, 3.63) is 28.8 Å². The third kappa shape index (κ3) is 3.77. The number of hydrogen-bond acceptors (Lipinski definition) is 4. The highest BCUT2D eigenvalue weighted by atomic mass is 35.5. The summed E-state index contributed by atoms with van der Waals surface area (Å²) in [6.45, 7) is 3.14. The van der Waals surface area contributed by atoms with E-state index in [1.807, 2.05) is 6.07 Å². The molecule has 0 aliphatic carbocycles. The van der Waals surface area contributed by atoms with Gasteiger partial charge in [-0.05, 0) is 25.1 Å². The molecule has 102 valence electrons. The molecule has 0 spiro atoms. The van der Waals surface area contributed by atoms with Crippen molar-refractivity contribution in [2.75, 3.05) is 0 Å². The maximum atomic E-state index is 12.0. The molecule has 1 atom stereocenters. The molecule has 0 saturated carbocycles. The summed E-state index contributed by atoms with van der Waals surface area (Å²) in [6, 6.07) is 4.82. The van der Waals surface area contributed by atoms with Crippen molar-refractivity contribution in [2.45, 2.75) is 31.2 Å². The largest absolute Gasteiger partial charge is 0.298 e. The highest BCUT2D eigenvalue weighted by molar-refractivity contribution is 7.89. The van der Waals surface area contributed by atoms with E-state index in [0.717, 1.165) is 0 Å². The quantitative estimate of drug-likeness (QED) is 0.899.